The van der Waals surface area contributed by atoms with Crippen LogP contribution >= 0.6 is 11.6 Å². The van der Waals surface area contributed by atoms with Gasteiger partial charge in [0.2, 0.25) is 0 Å². The molecule has 0 aliphatic rings. The van der Waals surface area contributed by atoms with Gasteiger partial charge in [-0.3, -0.25) is 0 Å². The third-order valence-electron chi connectivity index (χ3n) is 3.82. The lowest BCUT2D eigenvalue weighted by atomic mass is 10.1. The first-order chi connectivity index (χ1) is 12.5. The Kier molecular flexibility index (Phi) is 4.94. The molecule has 3 aromatic rings. The van der Waals surface area contributed by atoms with Crippen molar-refractivity contribution >= 4 is 11.6 Å². The van der Waals surface area contributed by atoms with E-state index in [2.05, 4.69) is 4.98 Å². The van der Waals surface area contributed by atoms with Crippen molar-refractivity contribution in [3.8, 4) is 11.3 Å². The Morgan fingerprint density at radius 2 is 1.67 bits per heavy atom. The largest absolute Gasteiger partial charge is 0.417 e. The number of hydrogen-bond acceptors (Lipinski definition) is 1. The molecule has 0 saturated carbocycles. The van der Waals surface area contributed by atoms with Gasteiger partial charge in [0.1, 0.15) is 0 Å². The van der Waals surface area contributed by atoms with E-state index in [-0.39, 0.29) is 17.8 Å². The fourth-order valence-corrected chi connectivity index (χ4v) is 2.77. The molecule has 0 amide bonds. The van der Waals surface area contributed by atoms with Crippen LogP contribution in [0.3, 0.4) is 0 Å². The molecule has 0 atom stereocenters. The van der Waals surface area contributed by atoms with Crippen LogP contribution in [0.4, 0.5) is 26.3 Å². The van der Waals surface area contributed by atoms with Crippen LogP contribution < -0.4 is 0 Å². The minimum absolute atomic E-state index is 0.0617. The minimum Gasteiger partial charge on any atom is -0.332 e. The van der Waals surface area contributed by atoms with Crippen molar-refractivity contribution in [2.24, 2.45) is 0 Å². The molecule has 0 bridgehead atoms. The average molecular weight is 405 g/mol. The van der Waals surface area contributed by atoms with E-state index >= 15 is 0 Å². The van der Waals surface area contributed by atoms with Crippen LogP contribution in [-0.4, -0.2) is 9.55 Å². The summed E-state index contributed by atoms with van der Waals surface area (Å²) in [5.74, 6) is 0. The molecule has 0 fully saturated rings. The molecule has 0 radical (unpaired) electrons. The molecule has 1 aromatic heterocycles. The van der Waals surface area contributed by atoms with Crippen LogP contribution in [0, 0.1) is 0 Å². The summed E-state index contributed by atoms with van der Waals surface area (Å²) >= 11 is 5.59. The Morgan fingerprint density at radius 3 is 2.33 bits per heavy atom. The highest BCUT2D eigenvalue weighted by Crippen LogP contribution is 2.35. The van der Waals surface area contributed by atoms with Crippen molar-refractivity contribution < 1.29 is 26.3 Å². The summed E-state index contributed by atoms with van der Waals surface area (Å²) in [7, 11) is 0. The van der Waals surface area contributed by atoms with E-state index in [0.29, 0.717) is 5.56 Å². The second-order valence-electron chi connectivity index (χ2n) is 5.82. The van der Waals surface area contributed by atoms with Gasteiger partial charge in [0, 0.05) is 18.3 Å². The van der Waals surface area contributed by atoms with Gasteiger partial charge in [-0.15, -0.1) is 0 Å². The standard InChI is InChI=1S/C18H11ClF6N2/c19-15-5-4-11(6-14(15)18(23,24)25)8-27-9-16(26-10-27)12-2-1-3-13(7-12)17(20,21)22/h1-7,9-10H,8H2. The molecule has 0 spiro atoms. The predicted octanol–water partition coefficient (Wildman–Crippen LogP) is 6.29. The third-order valence-corrected chi connectivity index (χ3v) is 4.15. The van der Waals surface area contributed by atoms with Gasteiger partial charge < -0.3 is 4.57 Å². The molecule has 0 aliphatic heterocycles. The molecule has 2 aromatic carbocycles. The summed E-state index contributed by atoms with van der Waals surface area (Å²) < 4.78 is 78.7. The van der Waals surface area contributed by atoms with Crippen molar-refractivity contribution in [3.63, 3.8) is 0 Å². The minimum atomic E-state index is -4.58. The highest BCUT2D eigenvalue weighted by atomic mass is 35.5. The van der Waals surface area contributed by atoms with Gasteiger partial charge in [-0.2, -0.15) is 26.3 Å². The van der Waals surface area contributed by atoms with Crippen molar-refractivity contribution in [1.82, 2.24) is 9.55 Å². The lowest BCUT2D eigenvalue weighted by Crippen LogP contribution is -2.07. The maximum Gasteiger partial charge on any atom is 0.417 e. The van der Waals surface area contributed by atoms with E-state index < -0.39 is 28.5 Å². The smallest absolute Gasteiger partial charge is 0.332 e. The molecule has 0 unspecified atom stereocenters. The zero-order chi connectivity index (χ0) is 19.8. The summed E-state index contributed by atoms with van der Waals surface area (Å²) in [5, 5.41) is -0.401. The van der Waals surface area contributed by atoms with Gasteiger partial charge in [0.25, 0.3) is 0 Å². The highest BCUT2D eigenvalue weighted by molar-refractivity contribution is 6.31. The maximum absolute atomic E-state index is 12.9. The molecule has 3 rings (SSSR count). The summed E-state index contributed by atoms with van der Waals surface area (Å²) in [5.41, 5.74) is -0.872. The van der Waals surface area contributed by atoms with Crippen LogP contribution in [0.2, 0.25) is 5.02 Å². The van der Waals surface area contributed by atoms with E-state index in [9.17, 15) is 26.3 Å². The monoisotopic (exact) mass is 404 g/mol. The van der Waals surface area contributed by atoms with Crippen molar-refractivity contribution in [2.45, 2.75) is 18.9 Å². The zero-order valence-electron chi connectivity index (χ0n) is 13.4. The molecular formula is C18H11ClF6N2. The number of alkyl halides is 6. The molecule has 142 valence electrons. The number of hydrogen-bond donors (Lipinski definition) is 0. The average Bonchev–Trinajstić information content (AvgIpc) is 3.03. The molecule has 0 saturated heterocycles. The van der Waals surface area contributed by atoms with E-state index in [1.54, 1.807) is 0 Å². The van der Waals surface area contributed by atoms with Crippen LogP contribution in [0.1, 0.15) is 16.7 Å². The number of halogens is 7. The summed E-state index contributed by atoms with van der Waals surface area (Å²) in [6, 6.07) is 8.21. The summed E-state index contributed by atoms with van der Waals surface area (Å²) in [6.07, 6.45) is -6.24. The molecule has 0 aliphatic carbocycles. The van der Waals surface area contributed by atoms with E-state index in [1.165, 1.54) is 35.3 Å². The normalized spacial score (nSPS) is 12.4. The van der Waals surface area contributed by atoms with Gasteiger partial charge in [0.15, 0.2) is 0 Å². The Morgan fingerprint density at radius 1 is 0.926 bits per heavy atom. The van der Waals surface area contributed by atoms with Crippen LogP contribution in [0.15, 0.2) is 55.0 Å². The Labute approximate surface area is 155 Å². The van der Waals surface area contributed by atoms with Gasteiger partial charge in [-0.1, -0.05) is 29.8 Å². The molecule has 2 nitrogen and oxygen atoms in total. The molecule has 9 heteroatoms. The Bertz CT molecular complexity index is 959. The Hall–Kier alpha value is -2.48. The van der Waals surface area contributed by atoms with E-state index in [4.69, 9.17) is 11.6 Å². The lowest BCUT2D eigenvalue weighted by Gasteiger charge is -2.11. The molecule has 27 heavy (non-hydrogen) atoms. The first-order valence-corrected chi connectivity index (χ1v) is 7.97. The third kappa shape index (κ3) is 4.44. The topological polar surface area (TPSA) is 17.8 Å². The van der Waals surface area contributed by atoms with Gasteiger partial charge >= 0.3 is 12.4 Å². The van der Waals surface area contributed by atoms with Crippen LogP contribution in [-0.2, 0) is 18.9 Å². The van der Waals surface area contributed by atoms with Crippen molar-refractivity contribution in [1.29, 1.82) is 0 Å². The molecular weight excluding hydrogens is 394 g/mol. The van der Waals surface area contributed by atoms with Crippen molar-refractivity contribution in [3.05, 3.63) is 76.7 Å². The fourth-order valence-electron chi connectivity index (χ4n) is 2.55. The summed E-state index contributed by atoms with van der Waals surface area (Å²) in [4.78, 5) is 4.04. The zero-order valence-corrected chi connectivity index (χ0v) is 14.2. The summed E-state index contributed by atoms with van der Waals surface area (Å²) in [6.45, 7) is 0.0617. The second-order valence-corrected chi connectivity index (χ2v) is 6.23. The predicted molar refractivity (Wildman–Crippen MR) is 88.2 cm³/mol. The quantitative estimate of drug-likeness (QED) is 0.469. The first-order valence-electron chi connectivity index (χ1n) is 7.59. The maximum atomic E-state index is 12.9. The second kappa shape index (κ2) is 6.92. The molecule has 1 heterocycles. The number of aromatic nitrogens is 2. The fraction of sp³-hybridized carbons (Fsp3) is 0.167. The van der Waals surface area contributed by atoms with Gasteiger partial charge in [-0.25, -0.2) is 4.98 Å². The van der Waals surface area contributed by atoms with Crippen LogP contribution in [0.25, 0.3) is 11.3 Å². The first kappa shape index (κ1) is 19.3. The van der Waals surface area contributed by atoms with Crippen molar-refractivity contribution in [2.75, 3.05) is 0 Å². The highest BCUT2D eigenvalue weighted by Gasteiger charge is 2.33. The van der Waals surface area contributed by atoms with E-state index in [0.717, 1.165) is 24.3 Å². The van der Waals surface area contributed by atoms with Gasteiger partial charge in [0.05, 0.1) is 28.2 Å². The lowest BCUT2D eigenvalue weighted by molar-refractivity contribution is -0.138. The van der Waals surface area contributed by atoms with E-state index in [1.807, 2.05) is 0 Å². The number of rotatable bonds is 3. The SMILES string of the molecule is FC(F)(F)c1cccc(-c2cn(Cc3ccc(Cl)c(C(F)(F)F)c3)cn2)c1. The molecule has 0 N–H and O–H groups in total. The number of nitrogens with zero attached hydrogens (tertiary/aromatic N) is 2. The van der Waals surface area contributed by atoms with Crippen LogP contribution in [0.5, 0.6) is 0 Å². The number of imidazole rings is 1. The Balaban J connectivity index is 1.86. The number of benzene rings is 2. The van der Waals surface area contributed by atoms with Gasteiger partial charge in [-0.05, 0) is 29.8 Å².